The third-order valence-electron chi connectivity index (χ3n) is 2.22. The third kappa shape index (κ3) is 2.31. The molecule has 0 spiro atoms. The van der Waals surface area contributed by atoms with Crippen LogP contribution in [0, 0.1) is 0 Å². The molecule has 0 saturated carbocycles. The van der Waals surface area contributed by atoms with Gasteiger partial charge in [-0.3, -0.25) is 4.98 Å². The van der Waals surface area contributed by atoms with E-state index in [4.69, 9.17) is 10.5 Å². The van der Waals surface area contributed by atoms with Crippen molar-refractivity contribution in [1.29, 1.82) is 0 Å². The van der Waals surface area contributed by atoms with E-state index in [1.807, 2.05) is 43.3 Å². The maximum atomic E-state index is 5.73. The summed E-state index contributed by atoms with van der Waals surface area (Å²) in [7, 11) is 0. The highest BCUT2D eigenvalue weighted by molar-refractivity contribution is 5.64. The maximum absolute atomic E-state index is 5.73. The Balaban J connectivity index is 2.36. The first-order valence-electron chi connectivity index (χ1n) is 5.24. The van der Waals surface area contributed by atoms with Crippen LogP contribution >= 0.6 is 0 Å². The van der Waals surface area contributed by atoms with Crippen LogP contribution in [-0.2, 0) is 0 Å². The number of anilines is 1. The van der Waals surface area contributed by atoms with Crippen molar-refractivity contribution in [2.75, 3.05) is 12.3 Å². The summed E-state index contributed by atoms with van der Waals surface area (Å²) >= 11 is 0. The number of benzene rings is 1. The Hall–Kier alpha value is -2.03. The first-order valence-corrected chi connectivity index (χ1v) is 5.24. The van der Waals surface area contributed by atoms with Gasteiger partial charge in [0.1, 0.15) is 5.75 Å². The number of pyridine rings is 1. The second-order valence-electron chi connectivity index (χ2n) is 3.44. The molecule has 1 heterocycles. The van der Waals surface area contributed by atoms with Crippen LogP contribution in [0.15, 0.2) is 42.6 Å². The molecule has 0 unspecified atom stereocenters. The van der Waals surface area contributed by atoms with Crippen LogP contribution in [-0.4, -0.2) is 11.6 Å². The Morgan fingerprint density at radius 1 is 1.25 bits per heavy atom. The number of ether oxygens (including phenoxy) is 1. The average molecular weight is 214 g/mol. The first-order chi connectivity index (χ1) is 7.79. The van der Waals surface area contributed by atoms with Crippen LogP contribution in [0.3, 0.4) is 0 Å². The van der Waals surface area contributed by atoms with Gasteiger partial charge >= 0.3 is 0 Å². The van der Waals surface area contributed by atoms with Crippen LogP contribution < -0.4 is 10.5 Å². The van der Waals surface area contributed by atoms with Gasteiger partial charge in [-0.15, -0.1) is 0 Å². The Morgan fingerprint density at radius 2 is 2.12 bits per heavy atom. The third-order valence-corrected chi connectivity index (χ3v) is 2.22. The zero-order valence-electron chi connectivity index (χ0n) is 9.18. The molecule has 0 fully saturated rings. The van der Waals surface area contributed by atoms with Gasteiger partial charge in [-0.2, -0.15) is 0 Å². The fourth-order valence-electron chi connectivity index (χ4n) is 1.52. The number of rotatable bonds is 3. The molecule has 2 rings (SSSR count). The van der Waals surface area contributed by atoms with E-state index in [1.54, 1.807) is 6.20 Å². The summed E-state index contributed by atoms with van der Waals surface area (Å²) in [6.45, 7) is 2.61. The molecule has 2 aromatic rings. The summed E-state index contributed by atoms with van der Waals surface area (Å²) in [6, 6.07) is 11.4. The highest BCUT2D eigenvalue weighted by Gasteiger charge is 2.01. The molecule has 0 aliphatic heterocycles. The van der Waals surface area contributed by atoms with Crippen molar-refractivity contribution < 1.29 is 4.74 Å². The monoisotopic (exact) mass is 214 g/mol. The SMILES string of the molecule is CCOc1ccnc(-c2cccc(N)c2)c1. The van der Waals surface area contributed by atoms with Crippen molar-refractivity contribution in [3.63, 3.8) is 0 Å². The van der Waals surface area contributed by atoms with Gasteiger partial charge in [0.15, 0.2) is 0 Å². The maximum Gasteiger partial charge on any atom is 0.122 e. The second-order valence-corrected chi connectivity index (χ2v) is 3.44. The number of aromatic nitrogens is 1. The molecule has 16 heavy (non-hydrogen) atoms. The fraction of sp³-hybridized carbons (Fsp3) is 0.154. The van der Waals surface area contributed by atoms with Crippen molar-refractivity contribution >= 4 is 5.69 Å². The predicted octanol–water partition coefficient (Wildman–Crippen LogP) is 2.73. The van der Waals surface area contributed by atoms with Gasteiger partial charge < -0.3 is 10.5 Å². The highest BCUT2D eigenvalue weighted by Crippen LogP contribution is 2.22. The minimum atomic E-state index is 0.653. The molecule has 2 N–H and O–H groups in total. The molecule has 82 valence electrons. The van der Waals surface area contributed by atoms with E-state index >= 15 is 0 Å². The molecule has 0 atom stereocenters. The lowest BCUT2D eigenvalue weighted by Gasteiger charge is -2.05. The van der Waals surface area contributed by atoms with E-state index in [-0.39, 0.29) is 0 Å². The van der Waals surface area contributed by atoms with E-state index in [0.717, 1.165) is 22.7 Å². The van der Waals surface area contributed by atoms with Crippen molar-refractivity contribution in [2.24, 2.45) is 0 Å². The number of nitrogens with zero attached hydrogens (tertiary/aromatic N) is 1. The lowest BCUT2D eigenvalue weighted by Crippen LogP contribution is -1.93. The zero-order valence-corrected chi connectivity index (χ0v) is 9.18. The molecule has 0 radical (unpaired) electrons. The average Bonchev–Trinajstić information content (AvgIpc) is 2.30. The summed E-state index contributed by atoms with van der Waals surface area (Å²) in [5.74, 6) is 0.829. The number of hydrogen-bond donors (Lipinski definition) is 1. The summed E-state index contributed by atoms with van der Waals surface area (Å²) in [6.07, 6.45) is 1.74. The quantitative estimate of drug-likeness (QED) is 0.799. The second kappa shape index (κ2) is 4.66. The van der Waals surface area contributed by atoms with E-state index in [9.17, 15) is 0 Å². The molecule has 0 bridgehead atoms. The smallest absolute Gasteiger partial charge is 0.122 e. The number of nitrogens with two attached hydrogens (primary N) is 1. The van der Waals surface area contributed by atoms with Gasteiger partial charge in [-0.1, -0.05) is 12.1 Å². The Kier molecular flexibility index (Phi) is 3.05. The molecule has 0 aliphatic rings. The molecular formula is C13H14N2O. The number of nitrogen functional groups attached to an aromatic ring is 1. The van der Waals surface area contributed by atoms with Crippen molar-refractivity contribution in [2.45, 2.75) is 6.92 Å². The predicted molar refractivity (Wildman–Crippen MR) is 65.3 cm³/mol. The summed E-state index contributed by atoms with van der Waals surface area (Å²) < 4.78 is 5.43. The van der Waals surface area contributed by atoms with Crippen molar-refractivity contribution in [3.05, 3.63) is 42.6 Å². The van der Waals surface area contributed by atoms with Crippen molar-refractivity contribution in [3.8, 4) is 17.0 Å². The van der Waals surface area contributed by atoms with Gasteiger partial charge in [0.2, 0.25) is 0 Å². The molecule has 1 aromatic heterocycles. The van der Waals surface area contributed by atoms with Gasteiger partial charge in [-0.25, -0.2) is 0 Å². The summed E-state index contributed by atoms with van der Waals surface area (Å²) in [5.41, 5.74) is 8.35. The lowest BCUT2D eigenvalue weighted by molar-refractivity contribution is 0.340. The fourth-order valence-corrected chi connectivity index (χ4v) is 1.52. The van der Waals surface area contributed by atoms with E-state index in [1.165, 1.54) is 0 Å². The first kappa shape index (κ1) is 10.5. The normalized spacial score (nSPS) is 10.1. The number of hydrogen-bond acceptors (Lipinski definition) is 3. The molecule has 0 aliphatic carbocycles. The van der Waals surface area contributed by atoms with E-state index in [2.05, 4.69) is 4.98 Å². The molecule has 3 heteroatoms. The molecule has 0 amide bonds. The highest BCUT2D eigenvalue weighted by atomic mass is 16.5. The molecule has 3 nitrogen and oxygen atoms in total. The van der Waals surface area contributed by atoms with Gasteiger partial charge in [-0.05, 0) is 25.1 Å². The van der Waals surface area contributed by atoms with Gasteiger partial charge in [0, 0.05) is 23.5 Å². The van der Waals surface area contributed by atoms with Crippen LogP contribution in [0.25, 0.3) is 11.3 Å². The topological polar surface area (TPSA) is 48.1 Å². The van der Waals surface area contributed by atoms with E-state index < -0.39 is 0 Å². The molecule has 1 aromatic carbocycles. The zero-order chi connectivity index (χ0) is 11.4. The molecular weight excluding hydrogens is 200 g/mol. The van der Waals surface area contributed by atoms with Crippen LogP contribution in [0.5, 0.6) is 5.75 Å². The van der Waals surface area contributed by atoms with Crippen LogP contribution in [0.2, 0.25) is 0 Å². The van der Waals surface area contributed by atoms with Gasteiger partial charge in [0.25, 0.3) is 0 Å². The minimum Gasteiger partial charge on any atom is -0.494 e. The van der Waals surface area contributed by atoms with Crippen LogP contribution in [0.4, 0.5) is 5.69 Å². The Morgan fingerprint density at radius 3 is 2.88 bits per heavy atom. The minimum absolute atomic E-state index is 0.653. The Bertz CT molecular complexity index is 483. The molecule has 0 saturated heterocycles. The largest absolute Gasteiger partial charge is 0.494 e. The standard InChI is InChI=1S/C13H14N2O/c1-2-16-12-6-7-15-13(9-12)10-4-3-5-11(14)8-10/h3-9H,2,14H2,1H3. The summed E-state index contributed by atoms with van der Waals surface area (Å²) in [4.78, 5) is 4.30. The van der Waals surface area contributed by atoms with Gasteiger partial charge in [0.05, 0.1) is 12.3 Å². The Labute approximate surface area is 94.9 Å². The van der Waals surface area contributed by atoms with E-state index in [0.29, 0.717) is 6.61 Å². The lowest BCUT2D eigenvalue weighted by atomic mass is 10.1. The summed E-state index contributed by atoms with van der Waals surface area (Å²) in [5, 5.41) is 0. The van der Waals surface area contributed by atoms with Crippen LogP contribution in [0.1, 0.15) is 6.92 Å². The van der Waals surface area contributed by atoms with Crippen molar-refractivity contribution in [1.82, 2.24) is 4.98 Å².